The van der Waals surface area contributed by atoms with Gasteiger partial charge >= 0.3 is 6.18 Å². The van der Waals surface area contributed by atoms with Gasteiger partial charge in [-0.3, -0.25) is 4.98 Å². The van der Waals surface area contributed by atoms with Gasteiger partial charge in [0.25, 0.3) is 0 Å². The van der Waals surface area contributed by atoms with Crippen molar-refractivity contribution in [2.75, 3.05) is 0 Å². The lowest BCUT2D eigenvalue weighted by Gasteiger charge is -2.11. The molecule has 0 atom stereocenters. The van der Waals surface area contributed by atoms with E-state index in [9.17, 15) is 13.2 Å². The molecule has 0 aliphatic heterocycles. The van der Waals surface area contributed by atoms with Crippen LogP contribution >= 0.6 is 0 Å². The van der Waals surface area contributed by atoms with Gasteiger partial charge in [-0.15, -0.1) is 0 Å². The molecule has 0 saturated heterocycles. The molecule has 0 bridgehead atoms. The first-order chi connectivity index (χ1) is 6.42. The van der Waals surface area contributed by atoms with Crippen molar-refractivity contribution in [3.8, 4) is 0 Å². The minimum atomic E-state index is -4.32. The number of rotatable bonds is 1. The molecule has 5 heteroatoms. The standard InChI is InChI=1S/C9H9F3N2/c10-9(11,12)6-1-4-14-7(5-6)8(13)2-3-8/h1,4-5H,2-3,13H2. The van der Waals surface area contributed by atoms with Crippen molar-refractivity contribution in [2.45, 2.75) is 24.6 Å². The molecule has 0 aromatic carbocycles. The average molecular weight is 202 g/mol. The van der Waals surface area contributed by atoms with Crippen LogP contribution in [0.15, 0.2) is 18.3 Å². The van der Waals surface area contributed by atoms with Crippen LogP contribution < -0.4 is 5.73 Å². The number of aromatic nitrogens is 1. The van der Waals surface area contributed by atoms with Gasteiger partial charge in [0.15, 0.2) is 0 Å². The highest BCUT2D eigenvalue weighted by molar-refractivity contribution is 5.28. The summed E-state index contributed by atoms with van der Waals surface area (Å²) in [5.74, 6) is 0. The zero-order valence-electron chi connectivity index (χ0n) is 7.30. The summed E-state index contributed by atoms with van der Waals surface area (Å²) in [6.07, 6.45) is -1.74. The van der Waals surface area contributed by atoms with Crippen molar-refractivity contribution in [3.63, 3.8) is 0 Å². The molecule has 0 unspecified atom stereocenters. The van der Waals surface area contributed by atoms with Gasteiger partial charge in [-0.2, -0.15) is 13.2 Å². The maximum Gasteiger partial charge on any atom is 0.416 e. The summed E-state index contributed by atoms with van der Waals surface area (Å²) in [7, 11) is 0. The smallest absolute Gasteiger partial charge is 0.320 e. The summed E-state index contributed by atoms with van der Waals surface area (Å²) >= 11 is 0. The van der Waals surface area contributed by atoms with Crippen LogP contribution in [0.5, 0.6) is 0 Å². The molecule has 1 aromatic rings. The summed E-state index contributed by atoms with van der Waals surface area (Å²) in [5.41, 5.74) is 4.80. The molecule has 1 saturated carbocycles. The lowest BCUT2D eigenvalue weighted by molar-refractivity contribution is -0.137. The van der Waals surface area contributed by atoms with E-state index in [-0.39, 0.29) is 0 Å². The van der Waals surface area contributed by atoms with Gasteiger partial charge in [-0.25, -0.2) is 0 Å². The Labute approximate surface area is 78.9 Å². The SMILES string of the molecule is NC1(c2cc(C(F)(F)F)ccn2)CC1. The second-order valence-electron chi connectivity index (χ2n) is 3.58. The first-order valence-electron chi connectivity index (χ1n) is 4.24. The second kappa shape index (κ2) is 2.70. The number of alkyl halides is 3. The normalized spacial score (nSPS) is 19.4. The minimum Gasteiger partial charge on any atom is -0.320 e. The Morgan fingerprint density at radius 1 is 1.36 bits per heavy atom. The molecular formula is C9H9F3N2. The number of nitrogens with zero attached hydrogens (tertiary/aromatic N) is 1. The highest BCUT2D eigenvalue weighted by Gasteiger charge is 2.42. The third kappa shape index (κ3) is 1.59. The number of nitrogens with two attached hydrogens (primary N) is 1. The maximum atomic E-state index is 12.3. The topological polar surface area (TPSA) is 38.9 Å². The van der Waals surface area contributed by atoms with Gasteiger partial charge < -0.3 is 5.73 Å². The molecule has 76 valence electrons. The van der Waals surface area contributed by atoms with Crippen molar-refractivity contribution < 1.29 is 13.2 Å². The van der Waals surface area contributed by atoms with E-state index in [0.29, 0.717) is 18.5 Å². The van der Waals surface area contributed by atoms with Gasteiger partial charge in [0.1, 0.15) is 0 Å². The molecule has 1 aliphatic carbocycles. The maximum absolute atomic E-state index is 12.3. The van der Waals surface area contributed by atoms with Gasteiger partial charge in [0.2, 0.25) is 0 Å². The van der Waals surface area contributed by atoms with Crippen LogP contribution in [0.3, 0.4) is 0 Å². The molecule has 1 heterocycles. The van der Waals surface area contributed by atoms with Gasteiger partial charge in [-0.05, 0) is 25.0 Å². The fraction of sp³-hybridized carbons (Fsp3) is 0.444. The summed E-state index contributed by atoms with van der Waals surface area (Å²) in [6, 6.07) is 1.99. The predicted octanol–water partition coefficient (Wildman–Crippen LogP) is 2.05. The predicted molar refractivity (Wildman–Crippen MR) is 44.3 cm³/mol. The van der Waals surface area contributed by atoms with E-state index in [2.05, 4.69) is 4.98 Å². The Kier molecular flexibility index (Phi) is 1.82. The van der Waals surface area contributed by atoms with Crippen LogP contribution in [0.1, 0.15) is 24.1 Å². The molecule has 1 aliphatic rings. The lowest BCUT2D eigenvalue weighted by Crippen LogP contribution is -2.21. The molecule has 0 radical (unpaired) electrons. The van der Waals surface area contributed by atoms with Crippen molar-refractivity contribution in [1.82, 2.24) is 4.98 Å². The van der Waals surface area contributed by atoms with Crippen LogP contribution in [0.25, 0.3) is 0 Å². The van der Waals surface area contributed by atoms with Crippen LogP contribution in [0.4, 0.5) is 13.2 Å². The number of halogens is 3. The summed E-state index contributed by atoms with van der Waals surface area (Å²) in [5, 5.41) is 0. The highest BCUT2D eigenvalue weighted by Crippen LogP contribution is 2.42. The van der Waals surface area contributed by atoms with Gasteiger partial charge in [0, 0.05) is 6.20 Å². The average Bonchev–Trinajstić information content (AvgIpc) is 2.84. The molecule has 2 nitrogen and oxygen atoms in total. The molecule has 2 rings (SSSR count). The van der Waals surface area contributed by atoms with Crippen molar-refractivity contribution in [3.05, 3.63) is 29.6 Å². The van der Waals surface area contributed by atoms with Crippen LogP contribution in [-0.4, -0.2) is 4.98 Å². The van der Waals surface area contributed by atoms with Crippen LogP contribution in [-0.2, 0) is 11.7 Å². The van der Waals surface area contributed by atoms with Crippen molar-refractivity contribution >= 4 is 0 Å². The number of hydrogen-bond acceptors (Lipinski definition) is 2. The lowest BCUT2D eigenvalue weighted by atomic mass is 10.1. The summed E-state index contributed by atoms with van der Waals surface area (Å²) < 4.78 is 36.9. The first kappa shape index (κ1) is 9.45. The Bertz CT molecular complexity index is 335. The van der Waals surface area contributed by atoms with E-state index < -0.39 is 17.3 Å². The fourth-order valence-electron chi connectivity index (χ4n) is 1.27. The Balaban J connectivity index is 2.37. The third-order valence-electron chi connectivity index (χ3n) is 2.39. The highest BCUT2D eigenvalue weighted by atomic mass is 19.4. The van der Waals surface area contributed by atoms with E-state index in [4.69, 9.17) is 5.73 Å². The minimum absolute atomic E-state index is 0.340. The van der Waals surface area contributed by atoms with E-state index in [0.717, 1.165) is 18.3 Å². The second-order valence-corrected chi connectivity index (χ2v) is 3.58. The number of pyridine rings is 1. The fourth-order valence-corrected chi connectivity index (χ4v) is 1.27. The Hall–Kier alpha value is -1.10. The molecule has 1 aromatic heterocycles. The Morgan fingerprint density at radius 3 is 2.50 bits per heavy atom. The van der Waals surface area contributed by atoms with E-state index in [1.54, 1.807) is 0 Å². The van der Waals surface area contributed by atoms with E-state index >= 15 is 0 Å². The van der Waals surface area contributed by atoms with Crippen molar-refractivity contribution in [2.24, 2.45) is 5.73 Å². The quantitative estimate of drug-likeness (QED) is 0.756. The van der Waals surface area contributed by atoms with Gasteiger partial charge in [0.05, 0.1) is 16.8 Å². The molecule has 0 amide bonds. The monoisotopic (exact) mass is 202 g/mol. The van der Waals surface area contributed by atoms with E-state index in [1.807, 2.05) is 0 Å². The van der Waals surface area contributed by atoms with Crippen molar-refractivity contribution in [1.29, 1.82) is 0 Å². The number of hydrogen-bond donors (Lipinski definition) is 1. The molecular weight excluding hydrogens is 193 g/mol. The Morgan fingerprint density at radius 2 is 2.00 bits per heavy atom. The van der Waals surface area contributed by atoms with E-state index in [1.165, 1.54) is 0 Å². The zero-order valence-corrected chi connectivity index (χ0v) is 7.30. The summed E-state index contributed by atoms with van der Waals surface area (Å²) in [4.78, 5) is 3.86. The third-order valence-corrected chi connectivity index (χ3v) is 2.39. The molecule has 2 N–H and O–H groups in total. The first-order valence-corrected chi connectivity index (χ1v) is 4.24. The molecule has 1 fully saturated rings. The zero-order chi connectivity index (χ0) is 10.4. The van der Waals surface area contributed by atoms with Crippen LogP contribution in [0, 0.1) is 0 Å². The van der Waals surface area contributed by atoms with Crippen LogP contribution in [0.2, 0.25) is 0 Å². The largest absolute Gasteiger partial charge is 0.416 e. The van der Waals surface area contributed by atoms with Gasteiger partial charge in [-0.1, -0.05) is 0 Å². The molecule has 0 spiro atoms. The summed E-state index contributed by atoms with van der Waals surface area (Å²) in [6.45, 7) is 0. The molecule has 14 heavy (non-hydrogen) atoms.